The highest BCUT2D eigenvalue weighted by atomic mass is 79.9. The molecule has 0 aliphatic heterocycles. The SMILES string of the molecule is Brc1ccc(NNC2C3CC4CC(C3)CC2C4)cc1.Cl. The molecular formula is C16H22BrClN2. The Bertz CT molecular complexity index is 434. The van der Waals surface area contributed by atoms with Gasteiger partial charge in [-0.3, -0.25) is 0 Å². The van der Waals surface area contributed by atoms with Gasteiger partial charge in [0.15, 0.2) is 0 Å². The summed E-state index contributed by atoms with van der Waals surface area (Å²) in [6.45, 7) is 0. The average Bonchev–Trinajstić information content (AvgIpc) is 2.39. The number of halogens is 2. The summed E-state index contributed by atoms with van der Waals surface area (Å²) < 4.78 is 1.13. The number of hydrogen-bond acceptors (Lipinski definition) is 2. The number of nitrogens with one attached hydrogen (secondary N) is 2. The normalized spacial score (nSPS) is 37.5. The highest BCUT2D eigenvalue weighted by Gasteiger charge is 2.48. The zero-order chi connectivity index (χ0) is 12.8. The molecule has 4 heteroatoms. The molecule has 4 fully saturated rings. The van der Waals surface area contributed by atoms with Crippen molar-refractivity contribution in [3.8, 4) is 0 Å². The number of anilines is 1. The molecule has 0 saturated heterocycles. The first-order chi connectivity index (χ1) is 9.28. The summed E-state index contributed by atoms with van der Waals surface area (Å²) in [4.78, 5) is 0. The molecule has 4 aliphatic rings. The third kappa shape index (κ3) is 2.72. The summed E-state index contributed by atoms with van der Waals surface area (Å²) in [5, 5.41) is 0. The Balaban J connectivity index is 0.00000121. The molecule has 20 heavy (non-hydrogen) atoms. The molecule has 4 aliphatic carbocycles. The Hall–Kier alpha value is -0.250. The molecule has 1 aromatic carbocycles. The Morgan fingerprint density at radius 1 is 0.850 bits per heavy atom. The van der Waals surface area contributed by atoms with Crippen molar-refractivity contribution in [3.05, 3.63) is 28.7 Å². The van der Waals surface area contributed by atoms with Crippen LogP contribution in [0.2, 0.25) is 0 Å². The highest BCUT2D eigenvalue weighted by molar-refractivity contribution is 9.10. The minimum Gasteiger partial charge on any atom is -0.321 e. The van der Waals surface area contributed by atoms with E-state index in [0.717, 1.165) is 33.8 Å². The largest absolute Gasteiger partial charge is 0.321 e. The van der Waals surface area contributed by atoms with Crippen molar-refractivity contribution in [2.45, 2.75) is 38.1 Å². The van der Waals surface area contributed by atoms with E-state index in [-0.39, 0.29) is 12.4 Å². The van der Waals surface area contributed by atoms with Gasteiger partial charge >= 0.3 is 0 Å². The van der Waals surface area contributed by atoms with Gasteiger partial charge in [-0.2, -0.15) is 0 Å². The third-order valence-electron chi connectivity index (χ3n) is 5.45. The smallest absolute Gasteiger partial charge is 0.0488 e. The molecule has 0 heterocycles. The second-order valence-corrected chi connectivity index (χ2v) is 7.65. The van der Waals surface area contributed by atoms with Crippen molar-refractivity contribution in [1.29, 1.82) is 0 Å². The summed E-state index contributed by atoms with van der Waals surface area (Å²) in [5.74, 6) is 3.93. The molecule has 0 unspecified atom stereocenters. The Labute approximate surface area is 135 Å². The Morgan fingerprint density at radius 3 is 1.95 bits per heavy atom. The van der Waals surface area contributed by atoms with Crippen LogP contribution in [0.15, 0.2) is 28.7 Å². The van der Waals surface area contributed by atoms with Crippen molar-refractivity contribution in [2.24, 2.45) is 23.7 Å². The summed E-state index contributed by atoms with van der Waals surface area (Å²) in [5.41, 5.74) is 8.23. The lowest BCUT2D eigenvalue weighted by atomic mass is 9.54. The van der Waals surface area contributed by atoms with Crippen LogP contribution in [0.3, 0.4) is 0 Å². The molecule has 0 atom stereocenters. The molecule has 0 aromatic heterocycles. The monoisotopic (exact) mass is 356 g/mol. The zero-order valence-corrected chi connectivity index (χ0v) is 13.9. The standard InChI is InChI=1S/C16H21BrN2.ClH/c17-14-1-3-15(4-2-14)18-19-16-12-6-10-5-11(8-12)9-13(16)7-10;/h1-4,10-13,16,18-19H,5-9H2;1H. The molecule has 0 spiro atoms. The Kier molecular flexibility index (Phi) is 4.30. The van der Waals surface area contributed by atoms with Crippen LogP contribution in [0.1, 0.15) is 32.1 Å². The molecule has 5 rings (SSSR count). The van der Waals surface area contributed by atoms with E-state index in [2.05, 4.69) is 51.0 Å². The summed E-state index contributed by atoms with van der Waals surface area (Å²) in [6.07, 6.45) is 7.39. The maximum Gasteiger partial charge on any atom is 0.0488 e. The molecule has 4 bridgehead atoms. The van der Waals surface area contributed by atoms with Crippen LogP contribution in [0.5, 0.6) is 0 Å². The van der Waals surface area contributed by atoms with Gasteiger partial charge < -0.3 is 5.43 Å². The quantitative estimate of drug-likeness (QED) is 0.772. The fourth-order valence-corrected chi connectivity index (χ4v) is 5.13. The lowest BCUT2D eigenvalue weighted by molar-refractivity contribution is -0.0110. The van der Waals surface area contributed by atoms with Gasteiger partial charge in [-0.15, -0.1) is 12.4 Å². The van der Waals surface area contributed by atoms with E-state index in [9.17, 15) is 0 Å². The maximum atomic E-state index is 3.64. The molecule has 2 nitrogen and oxygen atoms in total. The predicted molar refractivity (Wildman–Crippen MR) is 89.0 cm³/mol. The topological polar surface area (TPSA) is 24.1 Å². The molecular weight excluding hydrogens is 336 g/mol. The van der Waals surface area contributed by atoms with E-state index >= 15 is 0 Å². The second kappa shape index (κ2) is 5.86. The van der Waals surface area contributed by atoms with Gasteiger partial charge in [-0.25, -0.2) is 5.43 Å². The number of hydrogen-bond donors (Lipinski definition) is 2. The minimum atomic E-state index is 0. The van der Waals surface area contributed by atoms with Gasteiger partial charge in [-0.1, -0.05) is 15.9 Å². The molecule has 0 amide bonds. The van der Waals surface area contributed by atoms with E-state index < -0.39 is 0 Å². The van der Waals surface area contributed by atoms with E-state index in [4.69, 9.17) is 0 Å². The van der Waals surface area contributed by atoms with E-state index in [1.54, 1.807) is 0 Å². The van der Waals surface area contributed by atoms with Crippen molar-refractivity contribution in [2.75, 3.05) is 5.43 Å². The fourth-order valence-electron chi connectivity index (χ4n) is 4.86. The van der Waals surface area contributed by atoms with Crippen molar-refractivity contribution in [3.63, 3.8) is 0 Å². The maximum absolute atomic E-state index is 3.64. The van der Waals surface area contributed by atoms with Gasteiger partial charge in [0.25, 0.3) is 0 Å². The molecule has 110 valence electrons. The van der Waals surface area contributed by atoms with Gasteiger partial charge in [0, 0.05) is 16.2 Å². The van der Waals surface area contributed by atoms with E-state index in [0.29, 0.717) is 6.04 Å². The highest BCUT2D eigenvalue weighted by Crippen LogP contribution is 2.53. The fraction of sp³-hybridized carbons (Fsp3) is 0.625. The van der Waals surface area contributed by atoms with Gasteiger partial charge in [0.1, 0.15) is 0 Å². The average molecular weight is 358 g/mol. The van der Waals surface area contributed by atoms with Crippen LogP contribution >= 0.6 is 28.3 Å². The van der Waals surface area contributed by atoms with Crippen LogP contribution in [-0.4, -0.2) is 6.04 Å². The van der Waals surface area contributed by atoms with Gasteiger partial charge in [-0.05, 0) is 80.0 Å². The van der Waals surface area contributed by atoms with E-state index in [1.165, 1.54) is 32.1 Å². The van der Waals surface area contributed by atoms with Gasteiger partial charge in [0.05, 0.1) is 0 Å². The van der Waals surface area contributed by atoms with Crippen LogP contribution in [0.4, 0.5) is 5.69 Å². The first-order valence-electron chi connectivity index (χ1n) is 7.55. The number of hydrazine groups is 1. The van der Waals surface area contributed by atoms with Crippen LogP contribution in [0.25, 0.3) is 0 Å². The first-order valence-corrected chi connectivity index (χ1v) is 8.34. The summed E-state index contributed by atoms with van der Waals surface area (Å²) in [7, 11) is 0. The number of benzene rings is 1. The summed E-state index contributed by atoms with van der Waals surface area (Å²) in [6, 6.07) is 9.10. The third-order valence-corrected chi connectivity index (χ3v) is 5.98. The lowest BCUT2D eigenvalue weighted by Gasteiger charge is -2.54. The van der Waals surface area contributed by atoms with Crippen LogP contribution in [0, 0.1) is 23.7 Å². The Morgan fingerprint density at radius 2 is 1.40 bits per heavy atom. The summed E-state index contributed by atoms with van der Waals surface area (Å²) >= 11 is 3.48. The predicted octanol–water partition coefficient (Wildman–Crippen LogP) is 4.61. The molecule has 4 saturated carbocycles. The van der Waals surface area contributed by atoms with Crippen LogP contribution in [-0.2, 0) is 0 Å². The van der Waals surface area contributed by atoms with Gasteiger partial charge in [0.2, 0.25) is 0 Å². The molecule has 2 N–H and O–H groups in total. The van der Waals surface area contributed by atoms with Crippen molar-refractivity contribution in [1.82, 2.24) is 5.43 Å². The number of rotatable bonds is 3. The van der Waals surface area contributed by atoms with Crippen molar-refractivity contribution >= 4 is 34.0 Å². The molecule has 0 radical (unpaired) electrons. The zero-order valence-electron chi connectivity index (χ0n) is 11.5. The van der Waals surface area contributed by atoms with Crippen LogP contribution < -0.4 is 10.9 Å². The van der Waals surface area contributed by atoms with Crippen molar-refractivity contribution < 1.29 is 0 Å². The second-order valence-electron chi connectivity index (χ2n) is 6.73. The van der Waals surface area contributed by atoms with E-state index in [1.807, 2.05) is 0 Å². The molecule has 1 aromatic rings. The first kappa shape index (κ1) is 14.7. The lowest BCUT2D eigenvalue weighted by Crippen LogP contribution is -2.55. The minimum absolute atomic E-state index is 0.